The third-order valence-electron chi connectivity index (χ3n) is 5.28. The summed E-state index contributed by atoms with van der Waals surface area (Å²) in [7, 11) is 1.46. The van der Waals surface area contributed by atoms with Gasteiger partial charge in [-0.3, -0.25) is 4.79 Å². The molecule has 0 fully saturated rings. The average Bonchev–Trinajstić information content (AvgIpc) is 2.81. The molecule has 0 saturated heterocycles. The molecular formula is C29H34O2. The van der Waals surface area contributed by atoms with E-state index in [1.165, 1.54) is 57.6 Å². The Kier molecular flexibility index (Phi) is 12.4. The summed E-state index contributed by atoms with van der Waals surface area (Å²) < 4.78 is 4.65. The number of carbonyl (C=O) groups is 1. The third kappa shape index (κ3) is 11.7. The van der Waals surface area contributed by atoms with Crippen molar-refractivity contribution in [1.82, 2.24) is 0 Å². The van der Waals surface area contributed by atoms with Crippen molar-refractivity contribution in [3.05, 3.63) is 71.3 Å². The smallest absolute Gasteiger partial charge is 0.305 e. The van der Waals surface area contributed by atoms with E-state index in [4.69, 9.17) is 0 Å². The van der Waals surface area contributed by atoms with Gasteiger partial charge < -0.3 is 4.74 Å². The van der Waals surface area contributed by atoms with Crippen molar-refractivity contribution in [1.29, 1.82) is 0 Å². The molecule has 162 valence electrons. The van der Waals surface area contributed by atoms with E-state index in [1.54, 1.807) is 0 Å². The molecule has 2 heteroatoms. The first-order chi connectivity index (χ1) is 15.3. The lowest BCUT2D eigenvalue weighted by molar-refractivity contribution is -0.140. The third-order valence-corrected chi connectivity index (χ3v) is 5.28. The van der Waals surface area contributed by atoms with E-state index in [1.807, 2.05) is 30.3 Å². The molecule has 0 unspecified atom stereocenters. The van der Waals surface area contributed by atoms with Gasteiger partial charge in [-0.1, -0.05) is 87.1 Å². The highest BCUT2D eigenvalue weighted by molar-refractivity contribution is 5.68. The molecule has 0 heterocycles. The molecule has 2 nitrogen and oxygen atoms in total. The first-order valence-electron chi connectivity index (χ1n) is 11.5. The molecule has 0 aliphatic heterocycles. The number of hydrogen-bond acceptors (Lipinski definition) is 2. The van der Waals surface area contributed by atoms with Crippen LogP contribution in [0.4, 0.5) is 0 Å². The van der Waals surface area contributed by atoms with E-state index in [2.05, 4.69) is 52.7 Å². The van der Waals surface area contributed by atoms with E-state index in [0.717, 1.165) is 30.4 Å². The maximum absolute atomic E-state index is 11.0. The Morgan fingerprint density at radius 2 is 1.19 bits per heavy atom. The van der Waals surface area contributed by atoms with Crippen LogP contribution >= 0.6 is 0 Å². The van der Waals surface area contributed by atoms with Crippen LogP contribution in [0.2, 0.25) is 0 Å². The minimum atomic E-state index is -0.0873. The zero-order chi connectivity index (χ0) is 22.0. The number of benzene rings is 2. The summed E-state index contributed by atoms with van der Waals surface area (Å²) >= 11 is 0. The van der Waals surface area contributed by atoms with Gasteiger partial charge in [0, 0.05) is 17.5 Å². The summed E-state index contributed by atoms with van der Waals surface area (Å²) in [6.45, 7) is 0. The monoisotopic (exact) mass is 414 g/mol. The van der Waals surface area contributed by atoms with Crippen LogP contribution in [0.25, 0.3) is 0 Å². The topological polar surface area (TPSA) is 26.3 Å². The molecular weight excluding hydrogens is 380 g/mol. The highest BCUT2D eigenvalue weighted by Crippen LogP contribution is 2.13. The Balaban J connectivity index is 1.52. The second-order valence-corrected chi connectivity index (χ2v) is 7.82. The van der Waals surface area contributed by atoms with Crippen LogP contribution in [0.3, 0.4) is 0 Å². The van der Waals surface area contributed by atoms with Crippen LogP contribution in [0.5, 0.6) is 0 Å². The second kappa shape index (κ2) is 15.8. The van der Waals surface area contributed by atoms with Gasteiger partial charge in [-0.15, -0.1) is 0 Å². The number of rotatable bonds is 12. The molecule has 0 radical (unpaired) electrons. The number of methoxy groups -OCH3 is 1. The van der Waals surface area contributed by atoms with E-state index in [9.17, 15) is 4.79 Å². The van der Waals surface area contributed by atoms with Gasteiger partial charge in [-0.05, 0) is 60.9 Å². The predicted molar refractivity (Wildman–Crippen MR) is 129 cm³/mol. The second-order valence-electron chi connectivity index (χ2n) is 7.82. The fraction of sp³-hybridized carbons (Fsp3) is 0.414. The summed E-state index contributed by atoms with van der Waals surface area (Å²) in [5.74, 6) is 11.9. The fourth-order valence-electron chi connectivity index (χ4n) is 3.42. The van der Waals surface area contributed by atoms with Gasteiger partial charge in [-0.25, -0.2) is 0 Å². The first-order valence-corrected chi connectivity index (χ1v) is 11.5. The molecule has 0 saturated carbocycles. The fourth-order valence-corrected chi connectivity index (χ4v) is 3.42. The zero-order valence-electron chi connectivity index (χ0n) is 18.8. The largest absolute Gasteiger partial charge is 0.469 e. The minimum absolute atomic E-state index is 0.0873. The summed E-state index contributed by atoms with van der Waals surface area (Å²) in [5.41, 5.74) is 3.38. The van der Waals surface area contributed by atoms with Crippen molar-refractivity contribution < 1.29 is 9.53 Å². The molecule has 0 atom stereocenters. The average molecular weight is 415 g/mol. The summed E-state index contributed by atoms with van der Waals surface area (Å²) in [4.78, 5) is 11.0. The lowest BCUT2D eigenvalue weighted by Crippen LogP contribution is -1.99. The Morgan fingerprint density at radius 3 is 1.77 bits per heavy atom. The number of ether oxygens (including phenoxy) is 1. The highest BCUT2D eigenvalue weighted by Gasteiger charge is 1.99. The first kappa shape index (κ1) is 24.3. The molecule has 31 heavy (non-hydrogen) atoms. The van der Waals surface area contributed by atoms with E-state index in [-0.39, 0.29) is 5.97 Å². The van der Waals surface area contributed by atoms with Gasteiger partial charge in [0.25, 0.3) is 0 Å². The van der Waals surface area contributed by atoms with Crippen molar-refractivity contribution in [3.63, 3.8) is 0 Å². The Bertz CT molecular complexity index is 874. The summed E-state index contributed by atoms with van der Waals surface area (Å²) in [5, 5.41) is 0. The highest BCUT2D eigenvalue weighted by atomic mass is 16.5. The number of hydrogen-bond donors (Lipinski definition) is 0. The van der Waals surface area contributed by atoms with Crippen molar-refractivity contribution in [2.75, 3.05) is 7.11 Å². The lowest BCUT2D eigenvalue weighted by Gasteiger charge is -2.03. The maximum atomic E-state index is 11.0. The van der Waals surface area contributed by atoms with Crippen LogP contribution in [-0.4, -0.2) is 13.1 Å². The molecule has 0 amide bonds. The Labute approximate surface area is 188 Å². The van der Waals surface area contributed by atoms with Gasteiger partial charge in [0.15, 0.2) is 0 Å². The SMILES string of the molecule is COC(=O)CCCCCCCCCCCc1ccc(C#CC#Cc2ccccc2)cc1. The van der Waals surface area contributed by atoms with Gasteiger partial charge in [0.05, 0.1) is 7.11 Å². The van der Waals surface area contributed by atoms with Crippen molar-refractivity contribution in [3.8, 4) is 23.7 Å². The zero-order valence-corrected chi connectivity index (χ0v) is 18.8. The maximum Gasteiger partial charge on any atom is 0.305 e. The lowest BCUT2D eigenvalue weighted by atomic mass is 10.0. The van der Waals surface area contributed by atoms with Crippen LogP contribution in [0.15, 0.2) is 54.6 Å². The molecule has 2 aromatic rings. The molecule has 2 aromatic carbocycles. The van der Waals surface area contributed by atoms with Crippen molar-refractivity contribution in [2.24, 2.45) is 0 Å². The quantitative estimate of drug-likeness (QED) is 0.219. The Hall–Kier alpha value is -2.97. The molecule has 0 aliphatic rings. The Morgan fingerprint density at radius 1 is 0.677 bits per heavy atom. The van der Waals surface area contributed by atoms with Gasteiger partial charge in [0.1, 0.15) is 0 Å². The van der Waals surface area contributed by atoms with Gasteiger partial charge in [-0.2, -0.15) is 0 Å². The molecule has 0 aromatic heterocycles. The molecule has 0 aliphatic carbocycles. The van der Waals surface area contributed by atoms with E-state index < -0.39 is 0 Å². The molecule has 0 spiro atoms. The normalized spacial score (nSPS) is 9.84. The van der Waals surface area contributed by atoms with E-state index >= 15 is 0 Å². The van der Waals surface area contributed by atoms with Crippen molar-refractivity contribution in [2.45, 2.75) is 70.6 Å². The summed E-state index contributed by atoms with van der Waals surface area (Å²) in [6.07, 6.45) is 12.8. The van der Waals surface area contributed by atoms with E-state index in [0.29, 0.717) is 6.42 Å². The number of unbranched alkanes of at least 4 members (excludes halogenated alkanes) is 8. The number of carbonyl (C=O) groups excluding carboxylic acids is 1. The molecule has 0 bridgehead atoms. The predicted octanol–water partition coefficient (Wildman–Crippen LogP) is 6.71. The molecule has 2 rings (SSSR count). The standard InChI is InChI=1S/C29H34O2/c1-31-29(30)21-13-8-6-4-2-3-5-7-10-18-27-22-24-28(25-23-27)20-15-14-19-26-16-11-9-12-17-26/h9,11-12,16-17,22-25H,2-8,10,13,18,21H2,1H3. The minimum Gasteiger partial charge on any atom is -0.469 e. The van der Waals surface area contributed by atoms with Gasteiger partial charge in [0.2, 0.25) is 0 Å². The molecule has 0 N–H and O–H groups in total. The number of aryl methyl sites for hydroxylation is 1. The van der Waals surface area contributed by atoms with Gasteiger partial charge >= 0.3 is 5.97 Å². The van der Waals surface area contributed by atoms with Crippen LogP contribution < -0.4 is 0 Å². The van der Waals surface area contributed by atoms with Crippen molar-refractivity contribution >= 4 is 5.97 Å². The van der Waals surface area contributed by atoms with Crippen LogP contribution in [0.1, 0.15) is 80.9 Å². The van der Waals surface area contributed by atoms with Crippen LogP contribution in [0, 0.1) is 23.7 Å². The number of esters is 1. The van der Waals surface area contributed by atoms with Crippen LogP contribution in [-0.2, 0) is 16.0 Å². The summed E-state index contributed by atoms with van der Waals surface area (Å²) in [6, 6.07) is 18.5.